The van der Waals surface area contributed by atoms with Crippen molar-refractivity contribution in [2.24, 2.45) is 0 Å². The molecule has 2 aromatic carbocycles. The van der Waals surface area contributed by atoms with Crippen LogP contribution in [0, 0.1) is 0 Å². The van der Waals surface area contributed by atoms with E-state index in [2.05, 4.69) is 21.2 Å². The molecule has 0 radical (unpaired) electrons. The second-order valence-corrected chi connectivity index (χ2v) is 6.63. The zero-order chi connectivity index (χ0) is 16.6. The summed E-state index contributed by atoms with van der Waals surface area (Å²) in [5.74, 6) is -0.205. The Morgan fingerprint density at radius 1 is 1.22 bits per heavy atom. The molecule has 0 saturated heterocycles. The lowest BCUT2D eigenvalue weighted by Crippen LogP contribution is -2.25. The van der Waals surface area contributed by atoms with Gasteiger partial charge in [-0.3, -0.25) is 9.59 Å². The van der Waals surface area contributed by atoms with Crippen LogP contribution in [0.5, 0.6) is 0 Å². The first-order valence-electron chi connectivity index (χ1n) is 7.13. The van der Waals surface area contributed by atoms with E-state index in [9.17, 15) is 9.59 Å². The van der Waals surface area contributed by atoms with Crippen LogP contribution in [0.4, 0.5) is 11.4 Å². The number of hydrogen-bond donors (Lipinski definition) is 1. The molecule has 0 saturated carbocycles. The lowest BCUT2D eigenvalue weighted by Gasteiger charge is -2.15. The van der Waals surface area contributed by atoms with Crippen LogP contribution in [0.2, 0.25) is 5.02 Å². The minimum atomic E-state index is -0.235. The maximum Gasteiger partial charge on any atom is 0.256 e. The first-order valence-corrected chi connectivity index (χ1v) is 8.30. The van der Waals surface area contributed by atoms with Crippen molar-refractivity contribution < 1.29 is 9.59 Å². The molecule has 0 fully saturated rings. The number of rotatable bonds is 2. The SMILES string of the molecule is CC(=O)N1CCc2cc(NC(=O)c3cc(Cl)ccc3Br)ccc21. The van der Waals surface area contributed by atoms with E-state index in [1.54, 1.807) is 36.1 Å². The number of amides is 2. The van der Waals surface area contributed by atoms with Gasteiger partial charge in [0.15, 0.2) is 0 Å². The smallest absolute Gasteiger partial charge is 0.256 e. The average molecular weight is 394 g/mol. The summed E-state index contributed by atoms with van der Waals surface area (Å²) < 4.78 is 0.684. The molecule has 2 aromatic rings. The second kappa shape index (κ2) is 6.34. The lowest BCUT2D eigenvalue weighted by atomic mass is 10.1. The highest BCUT2D eigenvalue weighted by Gasteiger charge is 2.22. The predicted octanol–water partition coefficient (Wildman–Crippen LogP) is 4.26. The molecule has 0 unspecified atom stereocenters. The van der Waals surface area contributed by atoms with Gasteiger partial charge in [0.1, 0.15) is 0 Å². The van der Waals surface area contributed by atoms with Crippen molar-refractivity contribution in [3.8, 4) is 0 Å². The molecule has 1 aliphatic rings. The molecule has 1 aliphatic heterocycles. The third kappa shape index (κ3) is 3.26. The Morgan fingerprint density at radius 2 is 2.00 bits per heavy atom. The molecule has 1 N–H and O–H groups in total. The fourth-order valence-corrected chi connectivity index (χ4v) is 3.28. The van der Waals surface area contributed by atoms with E-state index in [1.807, 2.05) is 12.1 Å². The minimum absolute atomic E-state index is 0.0309. The summed E-state index contributed by atoms with van der Waals surface area (Å²) in [4.78, 5) is 25.7. The third-order valence-corrected chi connectivity index (χ3v) is 4.71. The molecular formula is C17H14BrClN2O2. The van der Waals surface area contributed by atoms with E-state index in [1.165, 1.54) is 0 Å². The van der Waals surface area contributed by atoms with Crippen molar-refractivity contribution in [2.75, 3.05) is 16.8 Å². The Labute approximate surface area is 147 Å². The number of anilines is 2. The van der Waals surface area contributed by atoms with Crippen molar-refractivity contribution in [2.45, 2.75) is 13.3 Å². The normalized spacial score (nSPS) is 12.9. The van der Waals surface area contributed by atoms with E-state index >= 15 is 0 Å². The number of fused-ring (bicyclic) bond motifs is 1. The van der Waals surface area contributed by atoms with Gasteiger partial charge in [0.2, 0.25) is 5.91 Å². The minimum Gasteiger partial charge on any atom is -0.322 e. The van der Waals surface area contributed by atoms with Crippen LogP contribution in [0.1, 0.15) is 22.8 Å². The number of nitrogens with zero attached hydrogens (tertiary/aromatic N) is 1. The monoisotopic (exact) mass is 392 g/mol. The summed E-state index contributed by atoms with van der Waals surface area (Å²) >= 11 is 9.30. The Kier molecular flexibility index (Phi) is 4.41. The predicted molar refractivity (Wildman–Crippen MR) is 95.3 cm³/mol. The van der Waals surface area contributed by atoms with Crippen molar-refractivity contribution >= 4 is 50.7 Å². The highest BCUT2D eigenvalue weighted by molar-refractivity contribution is 9.10. The van der Waals surface area contributed by atoms with Gasteiger partial charge < -0.3 is 10.2 Å². The number of hydrogen-bond acceptors (Lipinski definition) is 2. The van der Waals surface area contributed by atoms with E-state index in [4.69, 9.17) is 11.6 Å². The molecule has 0 atom stereocenters. The molecular weight excluding hydrogens is 380 g/mol. The topological polar surface area (TPSA) is 49.4 Å². The molecule has 0 spiro atoms. The van der Waals surface area contributed by atoms with Crippen LogP contribution in [-0.4, -0.2) is 18.4 Å². The van der Waals surface area contributed by atoms with Gasteiger partial charge in [-0.15, -0.1) is 0 Å². The summed E-state index contributed by atoms with van der Waals surface area (Å²) in [5.41, 5.74) is 3.15. The van der Waals surface area contributed by atoms with E-state index < -0.39 is 0 Å². The van der Waals surface area contributed by atoms with Crippen LogP contribution in [0.15, 0.2) is 40.9 Å². The van der Waals surface area contributed by atoms with Crippen LogP contribution in [-0.2, 0) is 11.2 Å². The van der Waals surface area contributed by atoms with Crippen LogP contribution in [0.25, 0.3) is 0 Å². The maximum atomic E-state index is 12.4. The molecule has 0 aromatic heterocycles. The van der Waals surface area contributed by atoms with Gasteiger partial charge in [-0.25, -0.2) is 0 Å². The standard InChI is InChI=1S/C17H14BrClN2O2/c1-10(22)21-7-6-11-8-13(3-5-16(11)21)20-17(23)14-9-12(19)2-4-15(14)18/h2-5,8-9H,6-7H2,1H3,(H,20,23). The van der Waals surface area contributed by atoms with Gasteiger partial charge in [0.05, 0.1) is 5.56 Å². The lowest BCUT2D eigenvalue weighted by molar-refractivity contribution is -0.116. The van der Waals surface area contributed by atoms with Crippen LogP contribution in [0.3, 0.4) is 0 Å². The first kappa shape index (κ1) is 16.0. The van der Waals surface area contributed by atoms with Gasteiger partial charge >= 0.3 is 0 Å². The number of nitrogens with one attached hydrogen (secondary N) is 1. The third-order valence-electron chi connectivity index (χ3n) is 3.79. The molecule has 118 valence electrons. The Bertz CT molecular complexity index is 807. The molecule has 1 heterocycles. The molecule has 4 nitrogen and oxygen atoms in total. The molecule has 3 rings (SSSR count). The Hall–Kier alpha value is -1.85. The summed E-state index contributed by atoms with van der Waals surface area (Å²) in [6.45, 7) is 2.24. The largest absolute Gasteiger partial charge is 0.322 e. The second-order valence-electron chi connectivity index (χ2n) is 5.34. The van der Waals surface area contributed by atoms with Crippen molar-refractivity contribution in [3.63, 3.8) is 0 Å². The van der Waals surface area contributed by atoms with Gasteiger partial charge in [-0.1, -0.05) is 11.6 Å². The van der Waals surface area contributed by atoms with Gasteiger partial charge in [-0.2, -0.15) is 0 Å². The maximum absolute atomic E-state index is 12.4. The van der Waals surface area contributed by atoms with Gasteiger partial charge in [-0.05, 0) is 64.3 Å². The highest BCUT2D eigenvalue weighted by atomic mass is 79.9. The number of carbonyl (C=O) groups is 2. The molecule has 0 aliphatic carbocycles. The number of carbonyl (C=O) groups excluding carboxylic acids is 2. The molecule has 23 heavy (non-hydrogen) atoms. The van der Waals surface area contributed by atoms with Crippen LogP contribution < -0.4 is 10.2 Å². The molecule has 0 bridgehead atoms. The average Bonchev–Trinajstić information content (AvgIpc) is 2.93. The molecule has 6 heteroatoms. The summed E-state index contributed by atoms with van der Waals surface area (Å²) in [7, 11) is 0. The summed E-state index contributed by atoms with van der Waals surface area (Å²) in [6, 6.07) is 10.7. The highest BCUT2D eigenvalue weighted by Crippen LogP contribution is 2.31. The van der Waals surface area contributed by atoms with E-state index in [-0.39, 0.29) is 11.8 Å². The Balaban J connectivity index is 1.83. The zero-order valence-corrected chi connectivity index (χ0v) is 14.7. The first-order chi connectivity index (χ1) is 11.0. The summed E-state index contributed by atoms with van der Waals surface area (Å²) in [6.07, 6.45) is 0.791. The summed E-state index contributed by atoms with van der Waals surface area (Å²) in [5, 5.41) is 3.37. The fourth-order valence-electron chi connectivity index (χ4n) is 2.68. The van der Waals surface area contributed by atoms with Crippen molar-refractivity contribution in [1.29, 1.82) is 0 Å². The zero-order valence-electron chi connectivity index (χ0n) is 12.4. The fraction of sp³-hybridized carbons (Fsp3) is 0.176. The quantitative estimate of drug-likeness (QED) is 0.828. The van der Waals surface area contributed by atoms with Crippen LogP contribution >= 0.6 is 27.5 Å². The molecule has 2 amide bonds. The number of benzene rings is 2. The van der Waals surface area contributed by atoms with E-state index in [0.717, 1.165) is 17.7 Å². The van der Waals surface area contributed by atoms with Crippen molar-refractivity contribution in [3.05, 3.63) is 57.0 Å². The number of halogens is 2. The Morgan fingerprint density at radius 3 is 2.74 bits per heavy atom. The van der Waals surface area contributed by atoms with Gasteiger partial charge in [0, 0.05) is 34.3 Å². The van der Waals surface area contributed by atoms with E-state index in [0.29, 0.717) is 27.3 Å². The van der Waals surface area contributed by atoms with Gasteiger partial charge in [0.25, 0.3) is 5.91 Å². The van der Waals surface area contributed by atoms with Crippen molar-refractivity contribution in [1.82, 2.24) is 0 Å².